The minimum absolute atomic E-state index is 0.0882. The molecular formula is C13H19ClFN3O2S. The van der Waals surface area contributed by atoms with E-state index in [1.54, 1.807) is 6.07 Å². The van der Waals surface area contributed by atoms with Crippen LogP contribution in [0.4, 0.5) is 4.39 Å². The number of hydrogen-bond donors (Lipinski definition) is 2. The van der Waals surface area contributed by atoms with Crippen LogP contribution < -0.4 is 10.0 Å². The Morgan fingerprint density at radius 1 is 1.43 bits per heavy atom. The van der Waals surface area contributed by atoms with Crippen LogP contribution in [-0.2, 0) is 16.8 Å². The molecule has 1 aliphatic rings. The number of piperidine rings is 1. The molecule has 1 fully saturated rings. The predicted molar refractivity (Wildman–Crippen MR) is 80.8 cm³/mol. The topological polar surface area (TPSA) is 61.4 Å². The van der Waals surface area contributed by atoms with E-state index in [1.165, 1.54) is 19.2 Å². The first-order valence-corrected chi connectivity index (χ1v) is 8.59. The summed E-state index contributed by atoms with van der Waals surface area (Å²) in [6.07, 6.45) is 1.49. The number of rotatable bonds is 5. The van der Waals surface area contributed by atoms with Crippen LogP contribution in [0.25, 0.3) is 0 Å². The maximum absolute atomic E-state index is 13.7. The lowest BCUT2D eigenvalue weighted by Crippen LogP contribution is -2.47. The van der Waals surface area contributed by atoms with Crippen molar-refractivity contribution in [3.8, 4) is 0 Å². The molecular weight excluding hydrogens is 317 g/mol. The molecule has 0 aromatic heterocycles. The van der Waals surface area contributed by atoms with E-state index in [-0.39, 0.29) is 23.2 Å². The summed E-state index contributed by atoms with van der Waals surface area (Å²) < 4.78 is 42.0. The van der Waals surface area contributed by atoms with Gasteiger partial charge in [0.2, 0.25) is 0 Å². The molecule has 1 aromatic rings. The number of benzene rings is 1. The third-order valence-electron chi connectivity index (χ3n) is 3.51. The zero-order valence-corrected chi connectivity index (χ0v) is 13.3. The van der Waals surface area contributed by atoms with E-state index in [0.29, 0.717) is 0 Å². The van der Waals surface area contributed by atoms with E-state index in [2.05, 4.69) is 10.0 Å². The second-order valence-corrected chi connectivity index (χ2v) is 7.32. The standard InChI is InChI=1S/C13H19ClFN3O2S/c1-18(9-11-12(14)3-2-4-13(11)15)21(19,20)17-10-5-7-16-8-6-10/h2-4,10,16-17H,5-9H2,1H3. The summed E-state index contributed by atoms with van der Waals surface area (Å²) in [6.45, 7) is 1.47. The normalized spacial score (nSPS) is 17.3. The van der Waals surface area contributed by atoms with E-state index >= 15 is 0 Å². The number of nitrogens with zero attached hydrogens (tertiary/aromatic N) is 1. The SMILES string of the molecule is CN(Cc1c(F)cccc1Cl)S(=O)(=O)NC1CCNCC1. The summed E-state index contributed by atoms with van der Waals surface area (Å²) in [7, 11) is -2.25. The highest BCUT2D eigenvalue weighted by Gasteiger charge is 2.25. The van der Waals surface area contributed by atoms with Gasteiger partial charge in [0.1, 0.15) is 5.82 Å². The lowest BCUT2D eigenvalue weighted by molar-refractivity contribution is 0.397. The Balaban J connectivity index is 2.05. The number of hydrogen-bond acceptors (Lipinski definition) is 3. The minimum atomic E-state index is -3.66. The van der Waals surface area contributed by atoms with Crippen LogP contribution >= 0.6 is 11.6 Å². The molecule has 5 nitrogen and oxygen atoms in total. The minimum Gasteiger partial charge on any atom is -0.317 e. The van der Waals surface area contributed by atoms with E-state index in [1.807, 2.05) is 0 Å². The number of nitrogens with one attached hydrogen (secondary N) is 2. The van der Waals surface area contributed by atoms with Gasteiger partial charge in [0.25, 0.3) is 10.2 Å². The molecule has 0 aliphatic carbocycles. The molecule has 1 saturated heterocycles. The first-order valence-electron chi connectivity index (χ1n) is 6.77. The Morgan fingerprint density at radius 2 is 2.10 bits per heavy atom. The average Bonchev–Trinajstić information content (AvgIpc) is 2.43. The monoisotopic (exact) mass is 335 g/mol. The molecule has 0 radical (unpaired) electrons. The van der Waals surface area contributed by atoms with Gasteiger partial charge in [-0.25, -0.2) is 4.39 Å². The van der Waals surface area contributed by atoms with Crippen molar-refractivity contribution in [1.29, 1.82) is 0 Å². The highest BCUT2D eigenvalue weighted by Crippen LogP contribution is 2.21. The molecule has 0 saturated carbocycles. The first-order chi connectivity index (χ1) is 9.90. The van der Waals surface area contributed by atoms with Crippen molar-refractivity contribution in [3.63, 3.8) is 0 Å². The van der Waals surface area contributed by atoms with Gasteiger partial charge in [0.05, 0.1) is 0 Å². The van der Waals surface area contributed by atoms with Crippen LogP contribution in [-0.4, -0.2) is 38.9 Å². The second kappa shape index (κ2) is 7.02. The fraction of sp³-hybridized carbons (Fsp3) is 0.538. The summed E-state index contributed by atoms with van der Waals surface area (Å²) in [5.41, 5.74) is 0.178. The largest absolute Gasteiger partial charge is 0.317 e. The highest BCUT2D eigenvalue weighted by atomic mass is 35.5. The Morgan fingerprint density at radius 3 is 2.71 bits per heavy atom. The van der Waals surface area contributed by atoms with E-state index < -0.39 is 16.0 Å². The molecule has 2 N–H and O–H groups in total. The quantitative estimate of drug-likeness (QED) is 0.857. The summed E-state index contributed by atoms with van der Waals surface area (Å²) in [5.74, 6) is -0.508. The predicted octanol–water partition coefficient (Wildman–Crippen LogP) is 1.50. The van der Waals surface area contributed by atoms with Crippen LogP contribution in [0, 0.1) is 5.82 Å². The van der Waals surface area contributed by atoms with Gasteiger partial charge in [0, 0.05) is 30.2 Å². The van der Waals surface area contributed by atoms with Gasteiger partial charge in [-0.05, 0) is 38.1 Å². The van der Waals surface area contributed by atoms with Gasteiger partial charge >= 0.3 is 0 Å². The molecule has 1 aromatic carbocycles. The molecule has 8 heteroatoms. The Bertz CT molecular complexity index is 571. The van der Waals surface area contributed by atoms with Crippen LogP contribution in [0.1, 0.15) is 18.4 Å². The molecule has 0 unspecified atom stereocenters. The fourth-order valence-electron chi connectivity index (χ4n) is 2.23. The molecule has 118 valence electrons. The van der Waals surface area contributed by atoms with Crippen LogP contribution in [0.5, 0.6) is 0 Å². The van der Waals surface area contributed by atoms with Gasteiger partial charge in [-0.15, -0.1) is 0 Å². The van der Waals surface area contributed by atoms with Gasteiger partial charge in [-0.3, -0.25) is 0 Å². The maximum atomic E-state index is 13.7. The number of halogens is 2. The van der Waals surface area contributed by atoms with Crippen LogP contribution in [0.2, 0.25) is 5.02 Å². The summed E-state index contributed by atoms with van der Waals surface area (Å²) in [4.78, 5) is 0. The summed E-state index contributed by atoms with van der Waals surface area (Å²) in [6, 6.07) is 4.21. The van der Waals surface area contributed by atoms with Gasteiger partial charge in [-0.1, -0.05) is 17.7 Å². The Labute approximate surface area is 129 Å². The van der Waals surface area contributed by atoms with E-state index in [4.69, 9.17) is 11.6 Å². The van der Waals surface area contributed by atoms with Crippen LogP contribution in [0.3, 0.4) is 0 Å². The van der Waals surface area contributed by atoms with E-state index in [0.717, 1.165) is 30.2 Å². The molecule has 0 atom stereocenters. The summed E-state index contributed by atoms with van der Waals surface area (Å²) in [5, 5.41) is 3.39. The molecule has 0 spiro atoms. The average molecular weight is 336 g/mol. The zero-order valence-electron chi connectivity index (χ0n) is 11.8. The van der Waals surface area contributed by atoms with Crippen molar-refractivity contribution in [2.75, 3.05) is 20.1 Å². The van der Waals surface area contributed by atoms with Crippen molar-refractivity contribution in [3.05, 3.63) is 34.6 Å². The Kier molecular flexibility index (Phi) is 5.56. The molecule has 21 heavy (non-hydrogen) atoms. The molecule has 0 amide bonds. The molecule has 1 heterocycles. The highest BCUT2D eigenvalue weighted by molar-refractivity contribution is 7.87. The summed E-state index contributed by atoms with van der Waals surface area (Å²) >= 11 is 5.93. The second-order valence-electron chi connectivity index (χ2n) is 5.10. The van der Waals surface area contributed by atoms with Gasteiger partial charge in [0.15, 0.2) is 0 Å². The molecule has 2 rings (SSSR count). The molecule has 1 aliphatic heterocycles. The van der Waals surface area contributed by atoms with E-state index in [9.17, 15) is 12.8 Å². The van der Waals surface area contributed by atoms with Gasteiger partial charge < -0.3 is 5.32 Å². The van der Waals surface area contributed by atoms with Crippen molar-refractivity contribution in [2.45, 2.75) is 25.4 Å². The van der Waals surface area contributed by atoms with Crippen molar-refractivity contribution < 1.29 is 12.8 Å². The van der Waals surface area contributed by atoms with Gasteiger partial charge in [-0.2, -0.15) is 17.4 Å². The third kappa shape index (κ3) is 4.37. The van der Waals surface area contributed by atoms with Crippen molar-refractivity contribution in [1.82, 2.24) is 14.3 Å². The van der Waals surface area contributed by atoms with Crippen LogP contribution in [0.15, 0.2) is 18.2 Å². The lowest BCUT2D eigenvalue weighted by Gasteiger charge is -2.26. The first kappa shape index (κ1) is 16.6. The fourth-order valence-corrected chi connectivity index (χ4v) is 3.59. The lowest BCUT2D eigenvalue weighted by atomic mass is 10.1. The smallest absolute Gasteiger partial charge is 0.279 e. The maximum Gasteiger partial charge on any atom is 0.279 e. The zero-order chi connectivity index (χ0) is 15.5. The Hall–Kier alpha value is -0.730. The van der Waals surface area contributed by atoms with Crippen molar-refractivity contribution >= 4 is 21.8 Å². The van der Waals surface area contributed by atoms with Crippen molar-refractivity contribution in [2.24, 2.45) is 0 Å². The third-order valence-corrected chi connectivity index (χ3v) is 5.44. The molecule has 0 bridgehead atoms.